The van der Waals surface area contributed by atoms with E-state index in [1.54, 1.807) is 18.5 Å². The molecule has 0 saturated carbocycles. The number of likely N-dealkylation sites (tertiary alicyclic amines) is 1. The van der Waals surface area contributed by atoms with Crippen molar-refractivity contribution in [1.82, 2.24) is 25.0 Å². The lowest BCUT2D eigenvalue weighted by Crippen LogP contribution is -2.36. The van der Waals surface area contributed by atoms with Crippen LogP contribution < -0.4 is 14.2 Å². The summed E-state index contributed by atoms with van der Waals surface area (Å²) in [5.74, 6) is 2.17. The van der Waals surface area contributed by atoms with E-state index in [0.717, 1.165) is 76.9 Å². The summed E-state index contributed by atoms with van der Waals surface area (Å²) >= 11 is 6.97. The molecule has 10 heteroatoms. The van der Waals surface area contributed by atoms with E-state index in [2.05, 4.69) is 88.3 Å². The van der Waals surface area contributed by atoms with E-state index in [-0.39, 0.29) is 6.61 Å². The summed E-state index contributed by atoms with van der Waals surface area (Å²) in [4.78, 5) is 9.10. The van der Waals surface area contributed by atoms with Gasteiger partial charge in [-0.15, -0.1) is 0 Å². The van der Waals surface area contributed by atoms with E-state index < -0.39 is 0 Å². The number of aromatic nitrogens is 3. The summed E-state index contributed by atoms with van der Waals surface area (Å²) in [5.41, 5.74) is 10.4. The lowest BCUT2D eigenvalue weighted by Gasteiger charge is -2.31. The number of benzene rings is 3. The number of pyridine rings is 1. The van der Waals surface area contributed by atoms with Crippen molar-refractivity contribution in [2.45, 2.75) is 78.2 Å². The van der Waals surface area contributed by atoms with E-state index in [0.29, 0.717) is 47.9 Å². The van der Waals surface area contributed by atoms with Crippen molar-refractivity contribution in [3.63, 3.8) is 0 Å². The lowest BCUT2D eigenvalue weighted by molar-refractivity contribution is 0.208. The number of hydrogen-bond donors (Lipinski definition) is 1. The molecule has 2 aromatic heterocycles. The molecule has 1 unspecified atom stereocenters. The van der Waals surface area contributed by atoms with Crippen molar-refractivity contribution in [3.05, 3.63) is 123 Å². The third-order valence-corrected chi connectivity index (χ3v) is 11.2. The Kier molecular flexibility index (Phi) is 12.1. The fraction of sp³-hybridized carbons (Fsp3) is 0.386. The highest BCUT2D eigenvalue weighted by Gasteiger charge is 2.25. The maximum absolute atomic E-state index is 9.40. The maximum Gasteiger partial charge on any atom is 0.142 e. The number of halogens is 1. The smallest absolute Gasteiger partial charge is 0.142 e. The third-order valence-electron chi connectivity index (χ3n) is 10.9. The number of H-pyrrole nitrogens is 1. The average molecular weight is 745 g/mol. The van der Waals surface area contributed by atoms with Gasteiger partial charge in [0.25, 0.3) is 0 Å². The zero-order chi connectivity index (χ0) is 37.4. The first-order valence-corrected chi connectivity index (χ1v) is 19.4. The van der Waals surface area contributed by atoms with Crippen LogP contribution in [0.2, 0.25) is 5.02 Å². The van der Waals surface area contributed by atoms with Gasteiger partial charge < -0.3 is 19.1 Å². The van der Waals surface area contributed by atoms with E-state index in [9.17, 15) is 5.26 Å². The first-order valence-electron chi connectivity index (χ1n) is 19.0. The molecule has 2 aliphatic rings. The minimum absolute atomic E-state index is 0.254. The van der Waals surface area contributed by atoms with Gasteiger partial charge in [0, 0.05) is 54.4 Å². The number of likely N-dealkylation sites (N-methyl/N-ethyl adjacent to an activating group) is 1. The van der Waals surface area contributed by atoms with Crippen LogP contribution in [0, 0.1) is 25.2 Å². The van der Waals surface area contributed by atoms with Gasteiger partial charge in [0.15, 0.2) is 0 Å². The highest BCUT2D eigenvalue weighted by atomic mass is 35.5. The van der Waals surface area contributed by atoms with Crippen LogP contribution in [0.3, 0.4) is 0 Å². The quantitative estimate of drug-likeness (QED) is 0.106. The molecule has 1 fully saturated rings. The molecular weight excluding hydrogens is 696 g/mol. The number of aromatic amines is 1. The summed E-state index contributed by atoms with van der Waals surface area (Å²) in [7, 11) is 2.15. The number of rotatable bonds is 15. The topological polar surface area (TPSA) is 99.5 Å². The highest BCUT2D eigenvalue weighted by Crippen LogP contribution is 2.37. The summed E-state index contributed by atoms with van der Waals surface area (Å²) < 4.78 is 19.2. The molecule has 0 amide bonds. The van der Waals surface area contributed by atoms with Crippen molar-refractivity contribution >= 4 is 11.6 Å². The standard InChI is InChI=1S/C44H49ClN6O3/c1-30-34(9-6-10-38(30)39-11-7-12-42(31(39)2)52-18-8-17-51-15-4-5-16-51)29-54-44-22-43(53-28-33-19-32(23-46)24-47-25-33)36(21-40(44)45)27-50(3)37-13-14-41-35(20-37)26-48-49-41/h6-7,9-12,19,21-22,24-26,37H,4-5,8,13-18,20,27-29H2,1-3H3,(H,48,49). The summed E-state index contributed by atoms with van der Waals surface area (Å²) in [6.45, 7) is 9.76. The molecule has 1 aliphatic heterocycles. The van der Waals surface area contributed by atoms with Crippen LogP contribution in [-0.4, -0.2) is 64.3 Å². The van der Waals surface area contributed by atoms with Crippen LogP contribution in [0.4, 0.5) is 0 Å². The number of nitrogens with one attached hydrogen (secondary N) is 1. The van der Waals surface area contributed by atoms with Crippen LogP contribution in [0.15, 0.2) is 73.2 Å². The van der Waals surface area contributed by atoms with Crippen LogP contribution in [0.1, 0.15) is 70.3 Å². The monoisotopic (exact) mass is 744 g/mol. The predicted molar refractivity (Wildman–Crippen MR) is 212 cm³/mol. The molecule has 1 N–H and O–H groups in total. The molecule has 5 aromatic rings. The Bertz CT molecular complexity index is 2100. The molecule has 280 valence electrons. The number of fused-ring (bicyclic) bond motifs is 1. The second-order valence-corrected chi connectivity index (χ2v) is 15.0. The Balaban J connectivity index is 1.07. The molecule has 1 saturated heterocycles. The third kappa shape index (κ3) is 8.90. The SMILES string of the molecule is Cc1c(COc2cc(OCc3cncc(C#N)c3)c(CN(C)C3CCc4[nH]ncc4C3)cc2Cl)cccc1-c1cccc(OCCCN2CCCC2)c1C. The Morgan fingerprint density at radius 1 is 0.907 bits per heavy atom. The van der Waals surface area contributed by atoms with E-state index >= 15 is 0 Å². The van der Waals surface area contributed by atoms with Crippen molar-refractivity contribution in [2.75, 3.05) is 33.3 Å². The van der Waals surface area contributed by atoms with Crippen molar-refractivity contribution < 1.29 is 14.2 Å². The minimum Gasteiger partial charge on any atom is -0.493 e. The van der Waals surface area contributed by atoms with E-state index in [1.807, 2.05) is 18.3 Å². The van der Waals surface area contributed by atoms with Crippen LogP contribution in [0.5, 0.6) is 17.2 Å². The van der Waals surface area contributed by atoms with E-state index in [1.165, 1.54) is 37.2 Å². The Labute approximate surface area is 323 Å². The van der Waals surface area contributed by atoms with Crippen LogP contribution in [0.25, 0.3) is 11.1 Å². The number of aryl methyl sites for hydroxylation is 1. The van der Waals surface area contributed by atoms with Gasteiger partial charge in [-0.25, -0.2) is 0 Å². The zero-order valence-electron chi connectivity index (χ0n) is 31.5. The fourth-order valence-corrected chi connectivity index (χ4v) is 7.97. The van der Waals surface area contributed by atoms with Crippen molar-refractivity contribution in [3.8, 4) is 34.4 Å². The number of hydrogen-bond acceptors (Lipinski definition) is 8. The molecule has 1 aliphatic carbocycles. The molecule has 3 aromatic carbocycles. The van der Waals surface area contributed by atoms with Gasteiger partial charge in [-0.05, 0) is 124 Å². The molecule has 1 atom stereocenters. The normalized spacial score (nSPS) is 15.6. The molecule has 0 radical (unpaired) electrons. The number of ether oxygens (including phenoxy) is 3. The molecule has 9 nitrogen and oxygen atoms in total. The number of nitrogens with zero attached hydrogens (tertiary/aromatic N) is 5. The first-order chi connectivity index (χ1) is 26.4. The Morgan fingerprint density at radius 3 is 2.54 bits per heavy atom. The second-order valence-electron chi connectivity index (χ2n) is 14.6. The molecule has 0 spiro atoms. The predicted octanol–water partition coefficient (Wildman–Crippen LogP) is 8.63. The van der Waals surface area contributed by atoms with Crippen LogP contribution >= 0.6 is 11.6 Å². The minimum atomic E-state index is 0.254. The maximum atomic E-state index is 9.40. The Morgan fingerprint density at radius 2 is 1.70 bits per heavy atom. The van der Waals surface area contributed by atoms with Gasteiger partial charge in [0.2, 0.25) is 0 Å². The van der Waals surface area contributed by atoms with Gasteiger partial charge in [-0.3, -0.25) is 15.0 Å². The van der Waals surface area contributed by atoms with Crippen LogP contribution in [-0.2, 0) is 32.6 Å². The largest absolute Gasteiger partial charge is 0.493 e. The molecule has 54 heavy (non-hydrogen) atoms. The fourth-order valence-electron chi connectivity index (χ4n) is 7.73. The van der Waals surface area contributed by atoms with E-state index in [4.69, 9.17) is 25.8 Å². The van der Waals surface area contributed by atoms with Gasteiger partial charge in [-0.2, -0.15) is 10.4 Å². The Hall–Kier alpha value is -4.88. The molecular formula is C44H49ClN6O3. The summed E-state index contributed by atoms with van der Waals surface area (Å²) in [6, 6.07) is 20.8. The van der Waals surface area contributed by atoms with Gasteiger partial charge in [-0.1, -0.05) is 41.9 Å². The second kappa shape index (κ2) is 17.5. The molecule has 0 bridgehead atoms. The number of nitriles is 1. The lowest BCUT2D eigenvalue weighted by atomic mass is 9.92. The van der Waals surface area contributed by atoms with Crippen molar-refractivity contribution in [2.24, 2.45) is 0 Å². The highest BCUT2D eigenvalue weighted by molar-refractivity contribution is 6.32. The molecule has 7 rings (SSSR count). The van der Waals surface area contributed by atoms with Gasteiger partial charge in [0.1, 0.15) is 36.5 Å². The molecule has 3 heterocycles. The summed E-state index contributed by atoms with van der Waals surface area (Å²) in [6.07, 6.45) is 11.8. The van der Waals surface area contributed by atoms with Gasteiger partial charge >= 0.3 is 0 Å². The average Bonchev–Trinajstić information content (AvgIpc) is 3.89. The zero-order valence-corrected chi connectivity index (χ0v) is 32.3. The van der Waals surface area contributed by atoms with Gasteiger partial charge in [0.05, 0.1) is 23.4 Å². The first kappa shape index (κ1) is 37.4. The van der Waals surface area contributed by atoms with Crippen molar-refractivity contribution in [1.29, 1.82) is 5.26 Å². The summed E-state index contributed by atoms with van der Waals surface area (Å²) in [5, 5.41) is 17.3.